The number of piperidine rings is 2. The highest BCUT2D eigenvalue weighted by Crippen LogP contribution is 2.43. The molecule has 2 aromatic heterocycles. The van der Waals surface area contributed by atoms with Gasteiger partial charge in [0.25, 0.3) is 0 Å². The standard InChI is InChI=1S/C46H60N8O6S2/c1-45(2,3)59-43(57)53-20-16-31(17-21-53)33-12-7-10-29(24-33)26-37(55)47-41-51-49-39(61-41)35-14-9-15-36(28-35)40-50-52-42(62-40)48-38(56)27-30-11-8-13-34(25-30)32-18-22-54(23-19-32)44(58)60-46(4,5)6/h7-8,10-13,24-25,31-32,35-36H,9,14-23,26-28H2,1-6H3,(H,47,51,55)(H,48,52,56)/t35-,36-/m0/s1. The highest BCUT2D eigenvalue weighted by Gasteiger charge is 2.31. The van der Waals surface area contributed by atoms with Crippen LogP contribution in [0.3, 0.4) is 0 Å². The molecule has 3 fully saturated rings. The molecular formula is C46H60N8O6S2. The molecule has 7 rings (SSSR count). The molecule has 4 heterocycles. The zero-order valence-electron chi connectivity index (χ0n) is 36.8. The van der Waals surface area contributed by atoms with Crippen LogP contribution >= 0.6 is 22.7 Å². The van der Waals surface area contributed by atoms with Crippen molar-refractivity contribution in [1.29, 1.82) is 0 Å². The molecule has 0 radical (unpaired) electrons. The van der Waals surface area contributed by atoms with Crippen LogP contribution in [0.15, 0.2) is 48.5 Å². The number of aromatic nitrogens is 4. The second-order valence-electron chi connectivity index (χ2n) is 18.9. The van der Waals surface area contributed by atoms with Gasteiger partial charge < -0.3 is 29.9 Å². The number of carbonyl (C=O) groups excluding carboxylic acids is 4. The van der Waals surface area contributed by atoms with Crippen molar-refractivity contribution in [1.82, 2.24) is 30.2 Å². The Morgan fingerprint density at radius 2 is 1.00 bits per heavy atom. The van der Waals surface area contributed by atoms with Crippen LogP contribution < -0.4 is 10.6 Å². The van der Waals surface area contributed by atoms with Gasteiger partial charge in [-0.2, -0.15) is 0 Å². The average Bonchev–Trinajstić information content (AvgIpc) is 3.90. The second-order valence-corrected chi connectivity index (χ2v) is 20.9. The van der Waals surface area contributed by atoms with Crippen LogP contribution in [0.5, 0.6) is 0 Å². The summed E-state index contributed by atoms with van der Waals surface area (Å²) in [7, 11) is 0. The molecule has 0 unspecified atom stereocenters. The average molecular weight is 885 g/mol. The van der Waals surface area contributed by atoms with Gasteiger partial charge in [-0.05, 0) is 121 Å². The van der Waals surface area contributed by atoms with E-state index in [0.717, 1.165) is 72.5 Å². The number of ether oxygens (including phenoxy) is 2. The summed E-state index contributed by atoms with van der Waals surface area (Å²) in [5.74, 6) is 0.732. The van der Waals surface area contributed by atoms with Gasteiger partial charge in [-0.3, -0.25) is 9.59 Å². The summed E-state index contributed by atoms with van der Waals surface area (Å²) in [4.78, 5) is 54.9. The van der Waals surface area contributed by atoms with E-state index in [1.165, 1.54) is 33.8 Å². The molecule has 4 amide bonds. The normalized spacial score (nSPS) is 19.2. The summed E-state index contributed by atoms with van der Waals surface area (Å²) in [6.07, 6.45) is 7.12. The van der Waals surface area contributed by atoms with Gasteiger partial charge >= 0.3 is 12.2 Å². The molecule has 3 aliphatic rings. The van der Waals surface area contributed by atoms with Gasteiger partial charge in [-0.1, -0.05) is 77.6 Å². The molecule has 4 aromatic rings. The van der Waals surface area contributed by atoms with E-state index in [-0.39, 0.29) is 48.7 Å². The lowest BCUT2D eigenvalue weighted by Crippen LogP contribution is -2.41. The Hall–Kier alpha value is -4.96. The molecule has 2 aliphatic heterocycles. The van der Waals surface area contributed by atoms with Gasteiger partial charge in [0.2, 0.25) is 22.1 Å². The highest BCUT2D eigenvalue weighted by atomic mass is 32.1. The molecule has 332 valence electrons. The minimum Gasteiger partial charge on any atom is -0.444 e. The lowest BCUT2D eigenvalue weighted by molar-refractivity contribution is -0.116. The van der Waals surface area contributed by atoms with E-state index in [4.69, 9.17) is 9.47 Å². The fourth-order valence-corrected chi connectivity index (χ4v) is 10.4. The van der Waals surface area contributed by atoms with E-state index in [1.54, 1.807) is 9.80 Å². The number of amides is 4. The minimum absolute atomic E-state index is 0.139. The van der Waals surface area contributed by atoms with Crippen LogP contribution in [0.4, 0.5) is 19.9 Å². The number of anilines is 2. The molecule has 1 aliphatic carbocycles. The second kappa shape index (κ2) is 19.6. The lowest BCUT2D eigenvalue weighted by Gasteiger charge is -2.33. The topological polar surface area (TPSA) is 169 Å². The molecule has 2 atom stereocenters. The van der Waals surface area contributed by atoms with E-state index in [0.29, 0.717) is 48.3 Å². The molecule has 2 aromatic carbocycles. The van der Waals surface area contributed by atoms with Gasteiger partial charge in [-0.15, -0.1) is 20.4 Å². The van der Waals surface area contributed by atoms with Gasteiger partial charge in [-0.25, -0.2) is 9.59 Å². The van der Waals surface area contributed by atoms with Gasteiger partial charge in [0.1, 0.15) is 21.2 Å². The number of rotatable bonds is 10. The number of nitrogens with one attached hydrogen (secondary N) is 2. The highest BCUT2D eigenvalue weighted by molar-refractivity contribution is 7.15. The SMILES string of the molecule is CC(C)(C)OC(=O)N1CCC(c2cccc(CC(=O)Nc3nnc([C@H]4CCC[C@H](c5nnc(NC(=O)Cc6cccc(C7CCN(C(=O)OC(C)(C)C)CC7)c6)s5)C4)s3)c2)CC1. The van der Waals surface area contributed by atoms with Crippen LogP contribution in [0.1, 0.15) is 149 Å². The fourth-order valence-electron chi connectivity index (χ4n) is 8.59. The predicted octanol–water partition coefficient (Wildman–Crippen LogP) is 9.42. The van der Waals surface area contributed by atoms with Gasteiger partial charge in [0, 0.05) is 38.0 Å². The Bertz CT molecular complexity index is 2040. The van der Waals surface area contributed by atoms with Crippen LogP contribution in [-0.4, -0.2) is 91.6 Å². The zero-order chi connectivity index (χ0) is 44.0. The maximum Gasteiger partial charge on any atom is 0.410 e. The van der Waals surface area contributed by atoms with Gasteiger partial charge in [0.05, 0.1) is 12.8 Å². The zero-order valence-corrected chi connectivity index (χ0v) is 38.4. The van der Waals surface area contributed by atoms with E-state index >= 15 is 0 Å². The molecule has 16 heteroatoms. The molecule has 14 nitrogen and oxygen atoms in total. The van der Waals surface area contributed by atoms with Crippen molar-refractivity contribution in [3.05, 3.63) is 80.8 Å². The Morgan fingerprint density at radius 1 is 0.597 bits per heavy atom. The van der Waals surface area contributed by atoms with Crippen molar-refractivity contribution in [3.8, 4) is 0 Å². The quantitative estimate of drug-likeness (QED) is 0.157. The summed E-state index contributed by atoms with van der Waals surface area (Å²) in [5.41, 5.74) is 3.20. The largest absolute Gasteiger partial charge is 0.444 e. The first-order chi connectivity index (χ1) is 29.5. The first-order valence-electron chi connectivity index (χ1n) is 21.9. The molecule has 0 bridgehead atoms. The molecule has 2 N–H and O–H groups in total. The smallest absolute Gasteiger partial charge is 0.410 e. The third-order valence-electron chi connectivity index (χ3n) is 11.6. The number of nitrogens with zero attached hydrogens (tertiary/aromatic N) is 6. The summed E-state index contributed by atoms with van der Waals surface area (Å²) < 4.78 is 11.1. The fraction of sp³-hybridized carbons (Fsp3) is 0.565. The number of benzene rings is 2. The molecule has 62 heavy (non-hydrogen) atoms. The summed E-state index contributed by atoms with van der Waals surface area (Å²) in [6.45, 7) is 13.9. The lowest BCUT2D eigenvalue weighted by atomic mass is 9.82. The first-order valence-corrected chi connectivity index (χ1v) is 23.6. The van der Waals surface area contributed by atoms with Crippen molar-refractivity contribution in [2.45, 2.75) is 141 Å². The summed E-state index contributed by atoms with van der Waals surface area (Å²) in [5, 5.41) is 26.4. The Labute approximate surface area is 372 Å². The van der Waals surface area contributed by atoms with Crippen molar-refractivity contribution < 1.29 is 28.7 Å². The van der Waals surface area contributed by atoms with E-state index in [9.17, 15) is 19.2 Å². The maximum absolute atomic E-state index is 13.2. The predicted molar refractivity (Wildman–Crippen MR) is 241 cm³/mol. The van der Waals surface area contributed by atoms with E-state index < -0.39 is 11.2 Å². The molecule has 1 saturated carbocycles. The number of likely N-dealkylation sites (tertiary alicyclic amines) is 2. The molecule has 2 saturated heterocycles. The summed E-state index contributed by atoms with van der Waals surface area (Å²) >= 11 is 2.85. The maximum atomic E-state index is 13.2. The van der Waals surface area contributed by atoms with Crippen molar-refractivity contribution in [2.75, 3.05) is 36.8 Å². The molecular weight excluding hydrogens is 825 g/mol. The Balaban J connectivity index is 0.856. The Morgan fingerprint density at radius 3 is 1.39 bits per heavy atom. The number of hydrogen-bond donors (Lipinski definition) is 2. The van der Waals surface area contributed by atoms with Crippen LogP contribution in [0.2, 0.25) is 0 Å². The van der Waals surface area contributed by atoms with Crippen molar-refractivity contribution in [3.63, 3.8) is 0 Å². The number of carbonyl (C=O) groups is 4. The summed E-state index contributed by atoms with van der Waals surface area (Å²) in [6, 6.07) is 16.4. The minimum atomic E-state index is -0.516. The number of hydrogen-bond acceptors (Lipinski definition) is 12. The van der Waals surface area contributed by atoms with E-state index in [2.05, 4.69) is 55.3 Å². The first kappa shape index (κ1) is 45.1. The van der Waals surface area contributed by atoms with E-state index in [1.807, 2.05) is 65.8 Å². The van der Waals surface area contributed by atoms with Crippen molar-refractivity contribution in [2.24, 2.45) is 0 Å². The third-order valence-corrected chi connectivity index (χ3v) is 13.6. The van der Waals surface area contributed by atoms with Crippen LogP contribution in [0.25, 0.3) is 0 Å². The van der Waals surface area contributed by atoms with Gasteiger partial charge in [0.15, 0.2) is 0 Å². The Kier molecular flexibility index (Phi) is 14.3. The van der Waals surface area contributed by atoms with Crippen LogP contribution in [0, 0.1) is 0 Å². The monoisotopic (exact) mass is 884 g/mol. The van der Waals surface area contributed by atoms with Crippen LogP contribution in [-0.2, 0) is 31.9 Å². The van der Waals surface area contributed by atoms with Crippen molar-refractivity contribution >= 4 is 56.9 Å². The molecule has 0 spiro atoms. The third kappa shape index (κ3) is 12.6.